The molecule has 0 radical (unpaired) electrons. The van der Waals surface area contributed by atoms with Crippen molar-refractivity contribution in [3.63, 3.8) is 0 Å². The third kappa shape index (κ3) is 11.7. The molecule has 0 saturated heterocycles. The van der Waals surface area contributed by atoms with Gasteiger partial charge in [0.05, 0.1) is 0 Å². The van der Waals surface area contributed by atoms with Crippen LogP contribution in [0.3, 0.4) is 0 Å². The number of thiol groups is 1. The van der Waals surface area contributed by atoms with Crippen molar-refractivity contribution in [2.45, 2.75) is 84.1 Å². The van der Waals surface area contributed by atoms with Gasteiger partial charge in [0.15, 0.2) is 0 Å². The molecule has 0 aliphatic carbocycles. The second-order valence-corrected chi connectivity index (χ2v) is 7.97. The molecular formula is C16H31N3O5S. The Morgan fingerprint density at radius 3 is 1.96 bits per heavy atom. The highest BCUT2D eigenvalue weighted by Crippen LogP contribution is 2.12. The van der Waals surface area contributed by atoms with Crippen LogP contribution in [-0.2, 0) is 19.1 Å². The lowest BCUT2D eigenvalue weighted by atomic mass is 10.1. The molecule has 0 aromatic carbocycles. The number of amides is 2. The van der Waals surface area contributed by atoms with Gasteiger partial charge < -0.3 is 25.2 Å². The number of nitrogens with two attached hydrogens (primary N) is 1. The molecule has 8 nitrogen and oxygen atoms in total. The molecule has 0 spiro atoms. The lowest BCUT2D eigenvalue weighted by molar-refractivity contribution is -0.156. The zero-order valence-electron chi connectivity index (χ0n) is 15.8. The molecule has 0 fully saturated rings. The minimum absolute atomic E-state index is 0.280. The molecule has 0 aliphatic heterocycles. The number of alkyl carbamates (subject to hydrolysis) is 1. The summed E-state index contributed by atoms with van der Waals surface area (Å²) >= 11 is 3.72. The highest BCUT2D eigenvalue weighted by Gasteiger charge is 2.25. The average molecular weight is 378 g/mol. The normalized spacial score (nSPS) is 14.2. The van der Waals surface area contributed by atoms with Gasteiger partial charge in [-0.25, -0.2) is 4.79 Å². The molecule has 9 heteroatoms. The van der Waals surface area contributed by atoms with Gasteiger partial charge in [0.1, 0.15) is 23.3 Å². The van der Waals surface area contributed by atoms with Gasteiger partial charge in [0.25, 0.3) is 5.91 Å². The maximum absolute atomic E-state index is 11.8. The van der Waals surface area contributed by atoms with Crippen molar-refractivity contribution in [1.29, 1.82) is 0 Å². The first kappa shape index (κ1) is 23.5. The summed E-state index contributed by atoms with van der Waals surface area (Å²) in [7, 11) is 0. The SMILES string of the molecule is CC(C)(C)OC(=O)NC(CCCC(N)C(=O)OC(C)(C)C)C(=O)NS. The van der Waals surface area contributed by atoms with E-state index in [0.717, 1.165) is 0 Å². The minimum Gasteiger partial charge on any atom is -0.459 e. The lowest BCUT2D eigenvalue weighted by Gasteiger charge is -2.24. The second kappa shape index (κ2) is 9.86. The van der Waals surface area contributed by atoms with Gasteiger partial charge in [0.2, 0.25) is 0 Å². The predicted octanol–water partition coefficient (Wildman–Crippen LogP) is 1.68. The molecule has 0 bridgehead atoms. The highest BCUT2D eigenvalue weighted by molar-refractivity contribution is 7.78. The largest absolute Gasteiger partial charge is 0.459 e. The van der Waals surface area contributed by atoms with E-state index < -0.39 is 41.3 Å². The molecule has 0 rings (SSSR count). The number of ether oxygens (including phenoxy) is 2. The van der Waals surface area contributed by atoms with E-state index in [4.69, 9.17) is 15.2 Å². The number of nitrogens with one attached hydrogen (secondary N) is 2. The van der Waals surface area contributed by atoms with Crippen LogP contribution in [0, 0.1) is 0 Å². The van der Waals surface area contributed by atoms with Crippen LogP contribution in [0.4, 0.5) is 4.79 Å². The van der Waals surface area contributed by atoms with Crippen LogP contribution in [0.25, 0.3) is 0 Å². The number of esters is 1. The first-order valence-corrected chi connectivity index (χ1v) is 8.62. The maximum atomic E-state index is 11.8. The topological polar surface area (TPSA) is 120 Å². The Bertz CT molecular complexity index is 471. The fourth-order valence-corrected chi connectivity index (χ4v) is 1.99. The fourth-order valence-electron chi connectivity index (χ4n) is 1.83. The summed E-state index contributed by atoms with van der Waals surface area (Å²) in [6, 6.07) is -1.63. The van der Waals surface area contributed by atoms with E-state index in [1.165, 1.54) is 0 Å². The molecule has 25 heavy (non-hydrogen) atoms. The molecule has 0 heterocycles. The van der Waals surface area contributed by atoms with Crippen molar-refractivity contribution < 1.29 is 23.9 Å². The lowest BCUT2D eigenvalue weighted by Crippen LogP contribution is -2.46. The Morgan fingerprint density at radius 1 is 1.00 bits per heavy atom. The summed E-state index contributed by atoms with van der Waals surface area (Å²) in [5.74, 6) is -0.970. The number of carbonyl (C=O) groups excluding carboxylic acids is 3. The Hall–Kier alpha value is -1.48. The summed E-state index contributed by atoms with van der Waals surface area (Å²) in [5, 5.41) is 2.49. The molecule has 146 valence electrons. The molecule has 0 aromatic rings. The van der Waals surface area contributed by atoms with E-state index in [2.05, 4.69) is 22.9 Å². The second-order valence-electron chi connectivity index (χ2n) is 7.75. The summed E-state index contributed by atoms with van der Waals surface area (Å²) in [5.41, 5.74) is 4.52. The van der Waals surface area contributed by atoms with Gasteiger partial charge in [-0.15, -0.1) is 0 Å². The molecule has 2 unspecified atom stereocenters. The number of carbonyl (C=O) groups is 3. The van der Waals surface area contributed by atoms with Gasteiger partial charge in [-0.2, -0.15) is 0 Å². The molecule has 0 aromatic heterocycles. The molecule has 2 amide bonds. The summed E-state index contributed by atoms with van der Waals surface area (Å²) in [6.45, 7) is 10.4. The Balaban J connectivity index is 4.53. The van der Waals surface area contributed by atoms with Crippen molar-refractivity contribution >= 4 is 30.8 Å². The van der Waals surface area contributed by atoms with Gasteiger partial charge in [-0.05, 0) is 60.8 Å². The third-order valence-electron chi connectivity index (χ3n) is 2.84. The highest BCUT2D eigenvalue weighted by atomic mass is 32.1. The standard InChI is InChI=1S/C16H31N3O5S/c1-15(2,3)23-13(21)10(17)8-7-9-11(12(20)19-25)18-14(22)24-16(4,5)6/h10-11,25H,7-9,17H2,1-6H3,(H,18,22)(H,19,20). The van der Waals surface area contributed by atoms with Crippen LogP contribution in [0.15, 0.2) is 0 Å². The van der Waals surface area contributed by atoms with Crippen molar-refractivity contribution in [2.75, 3.05) is 0 Å². The fraction of sp³-hybridized carbons (Fsp3) is 0.812. The number of rotatable bonds is 7. The Labute approximate surface area is 155 Å². The third-order valence-corrected chi connectivity index (χ3v) is 3.06. The minimum atomic E-state index is -0.835. The van der Waals surface area contributed by atoms with Crippen molar-refractivity contribution in [2.24, 2.45) is 5.73 Å². The van der Waals surface area contributed by atoms with Gasteiger partial charge >= 0.3 is 12.1 Å². The zero-order chi connectivity index (χ0) is 19.8. The average Bonchev–Trinajstić information content (AvgIpc) is 2.41. The summed E-state index contributed by atoms with van der Waals surface area (Å²) < 4.78 is 12.5. The van der Waals surface area contributed by atoms with E-state index >= 15 is 0 Å². The molecule has 0 saturated carbocycles. The number of hydrogen-bond donors (Lipinski definition) is 4. The van der Waals surface area contributed by atoms with Gasteiger partial charge in [-0.3, -0.25) is 9.59 Å². The Kier molecular flexibility index (Phi) is 9.28. The molecule has 4 N–H and O–H groups in total. The molecule has 0 aliphatic rings. The molecule has 2 atom stereocenters. The van der Waals surface area contributed by atoms with E-state index in [9.17, 15) is 14.4 Å². The molecular weight excluding hydrogens is 346 g/mol. The quantitative estimate of drug-likeness (QED) is 0.396. The van der Waals surface area contributed by atoms with Crippen LogP contribution in [-0.4, -0.2) is 41.3 Å². The predicted molar refractivity (Wildman–Crippen MR) is 98.0 cm³/mol. The van der Waals surface area contributed by atoms with Crippen LogP contribution in [0.5, 0.6) is 0 Å². The number of hydrogen-bond acceptors (Lipinski definition) is 7. The van der Waals surface area contributed by atoms with E-state index in [1.807, 2.05) is 0 Å². The summed E-state index contributed by atoms with van der Waals surface area (Å²) in [6.07, 6.45) is 0.330. The maximum Gasteiger partial charge on any atom is 0.408 e. The summed E-state index contributed by atoms with van der Waals surface area (Å²) in [4.78, 5) is 35.5. The zero-order valence-corrected chi connectivity index (χ0v) is 16.7. The van der Waals surface area contributed by atoms with E-state index in [1.54, 1.807) is 41.5 Å². The van der Waals surface area contributed by atoms with Crippen molar-refractivity contribution in [3.8, 4) is 0 Å². The Morgan fingerprint density at radius 2 is 1.52 bits per heavy atom. The van der Waals surface area contributed by atoms with Crippen LogP contribution < -0.4 is 15.8 Å². The monoisotopic (exact) mass is 377 g/mol. The van der Waals surface area contributed by atoms with E-state index in [0.29, 0.717) is 12.8 Å². The van der Waals surface area contributed by atoms with Gasteiger partial charge in [0, 0.05) is 0 Å². The van der Waals surface area contributed by atoms with Gasteiger partial charge in [-0.1, -0.05) is 12.8 Å². The van der Waals surface area contributed by atoms with Crippen LogP contribution in [0.1, 0.15) is 60.8 Å². The van der Waals surface area contributed by atoms with Crippen molar-refractivity contribution in [3.05, 3.63) is 0 Å². The smallest absolute Gasteiger partial charge is 0.408 e. The van der Waals surface area contributed by atoms with Crippen LogP contribution in [0.2, 0.25) is 0 Å². The van der Waals surface area contributed by atoms with E-state index in [-0.39, 0.29) is 6.42 Å². The first-order valence-electron chi connectivity index (χ1n) is 8.17. The first-order chi connectivity index (χ1) is 11.2. The van der Waals surface area contributed by atoms with Crippen molar-refractivity contribution in [1.82, 2.24) is 10.0 Å². The van der Waals surface area contributed by atoms with Crippen LogP contribution >= 0.6 is 12.8 Å².